The van der Waals surface area contributed by atoms with Crippen molar-refractivity contribution < 1.29 is 9.66 Å². The molecule has 0 atom stereocenters. The second kappa shape index (κ2) is 9.46. The molecule has 0 N–H and O–H groups in total. The summed E-state index contributed by atoms with van der Waals surface area (Å²) in [5.74, 6) is 0.654. The third kappa shape index (κ3) is 4.69. The number of nitrogens with zero attached hydrogens (tertiary/aromatic N) is 2. The molecule has 0 aromatic heterocycles. The normalized spacial score (nSPS) is 11.2. The molecule has 0 fully saturated rings. The van der Waals surface area contributed by atoms with Crippen molar-refractivity contribution in [3.8, 4) is 11.8 Å². The van der Waals surface area contributed by atoms with Crippen LogP contribution < -0.4 is 4.74 Å². The monoisotopic (exact) mass is 484 g/mol. The molecular weight excluding hydrogens is 468 g/mol. The van der Waals surface area contributed by atoms with Crippen molar-refractivity contribution in [1.82, 2.24) is 0 Å². The SMILES string of the molecule is N#C/C(=C/c1c(OCc2ccc(Br)cc2)ccc2ccccc12)c1ccc([N+](=O)[O-])cc1. The van der Waals surface area contributed by atoms with Crippen LogP contribution in [0.5, 0.6) is 5.75 Å². The molecule has 0 bridgehead atoms. The zero-order chi connectivity index (χ0) is 22.5. The van der Waals surface area contributed by atoms with Crippen molar-refractivity contribution in [3.05, 3.63) is 116 Å². The van der Waals surface area contributed by atoms with Gasteiger partial charge >= 0.3 is 0 Å². The van der Waals surface area contributed by atoms with E-state index in [2.05, 4.69) is 22.0 Å². The molecule has 0 heterocycles. The molecule has 156 valence electrons. The van der Waals surface area contributed by atoms with Gasteiger partial charge in [-0.1, -0.05) is 58.4 Å². The van der Waals surface area contributed by atoms with Crippen molar-refractivity contribution in [2.24, 2.45) is 0 Å². The first-order valence-electron chi connectivity index (χ1n) is 9.81. The third-order valence-corrected chi connectivity index (χ3v) is 5.57. The van der Waals surface area contributed by atoms with Crippen LogP contribution >= 0.6 is 15.9 Å². The minimum atomic E-state index is -0.460. The maximum atomic E-state index is 10.9. The highest BCUT2D eigenvalue weighted by Gasteiger charge is 2.12. The summed E-state index contributed by atoms with van der Waals surface area (Å²) >= 11 is 3.43. The second-order valence-electron chi connectivity index (χ2n) is 7.09. The van der Waals surface area contributed by atoms with Crippen LogP contribution in [-0.4, -0.2) is 4.92 Å². The molecule has 0 saturated heterocycles. The summed E-state index contributed by atoms with van der Waals surface area (Å²) in [5.41, 5.74) is 2.78. The van der Waals surface area contributed by atoms with Crippen molar-refractivity contribution in [3.63, 3.8) is 0 Å². The van der Waals surface area contributed by atoms with Crippen LogP contribution in [0.3, 0.4) is 0 Å². The lowest BCUT2D eigenvalue weighted by atomic mass is 9.98. The van der Waals surface area contributed by atoms with E-state index in [0.717, 1.165) is 26.4 Å². The molecule has 4 aromatic carbocycles. The Hall–Kier alpha value is -3.95. The van der Waals surface area contributed by atoms with Crippen molar-refractivity contribution in [2.75, 3.05) is 0 Å². The number of hydrogen-bond donors (Lipinski definition) is 0. The fraction of sp³-hybridized carbons (Fsp3) is 0.0385. The Bertz CT molecular complexity index is 1350. The van der Waals surface area contributed by atoms with Crippen LogP contribution in [0.4, 0.5) is 5.69 Å². The quantitative estimate of drug-likeness (QED) is 0.126. The maximum Gasteiger partial charge on any atom is 0.269 e. The smallest absolute Gasteiger partial charge is 0.269 e. The molecule has 0 radical (unpaired) electrons. The number of allylic oxidation sites excluding steroid dienone is 1. The second-order valence-corrected chi connectivity index (χ2v) is 8.00. The summed E-state index contributed by atoms with van der Waals surface area (Å²) in [6.45, 7) is 0.381. The van der Waals surface area contributed by atoms with Gasteiger partial charge in [-0.05, 0) is 58.3 Å². The van der Waals surface area contributed by atoms with Crippen LogP contribution in [0.25, 0.3) is 22.4 Å². The van der Waals surface area contributed by atoms with E-state index >= 15 is 0 Å². The van der Waals surface area contributed by atoms with Gasteiger partial charge in [-0.3, -0.25) is 10.1 Å². The van der Waals surface area contributed by atoms with Crippen molar-refractivity contribution >= 4 is 44.0 Å². The largest absolute Gasteiger partial charge is 0.488 e. The van der Waals surface area contributed by atoms with Crippen molar-refractivity contribution in [1.29, 1.82) is 5.26 Å². The van der Waals surface area contributed by atoms with E-state index in [0.29, 0.717) is 23.5 Å². The molecule has 4 rings (SSSR count). The fourth-order valence-corrected chi connectivity index (χ4v) is 3.64. The van der Waals surface area contributed by atoms with Gasteiger partial charge in [0.2, 0.25) is 0 Å². The molecule has 0 unspecified atom stereocenters. The predicted octanol–water partition coefficient (Wildman–Crippen LogP) is 7.15. The summed E-state index contributed by atoms with van der Waals surface area (Å²) in [5, 5.41) is 22.7. The number of ether oxygens (including phenoxy) is 1. The fourth-order valence-electron chi connectivity index (χ4n) is 3.38. The Morgan fingerprint density at radius 3 is 2.41 bits per heavy atom. The Morgan fingerprint density at radius 1 is 1.00 bits per heavy atom. The number of hydrogen-bond acceptors (Lipinski definition) is 4. The molecule has 32 heavy (non-hydrogen) atoms. The van der Waals surface area contributed by atoms with Gasteiger partial charge in [0.05, 0.1) is 16.6 Å². The summed E-state index contributed by atoms with van der Waals surface area (Å²) in [7, 11) is 0. The summed E-state index contributed by atoms with van der Waals surface area (Å²) < 4.78 is 7.14. The highest BCUT2D eigenvalue weighted by molar-refractivity contribution is 9.10. The van der Waals surface area contributed by atoms with E-state index in [-0.39, 0.29) is 5.69 Å². The van der Waals surface area contributed by atoms with E-state index in [9.17, 15) is 15.4 Å². The zero-order valence-corrected chi connectivity index (χ0v) is 18.5. The molecule has 0 aliphatic carbocycles. The van der Waals surface area contributed by atoms with E-state index < -0.39 is 4.92 Å². The molecule has 6 heteroatoms. The van der Waals surface area contributed by atoms with Crippen LogP contribution in [0, 0.1) is 21.4 Å². The molecule has 0 aliphatic rings. The zero-order valence-electron chi connectivity index (χ0n) is 16.9. The number of nitro groups is 1. The molecular formula is C26H17BrN2O3. The molecule has 5 nitrogen and oxygen atoms in total. The molecule has 0 spiro atoms. The van der Waals surface area contributed by atoms with Crippen LogP contribution in [0.1, 0.15) is 16.7 Å². The number of halogens is 1. The lowest BCUT2D eigenvalue weighted by Crippen LogP contribution is -1.98. The molecule has 0 aliphatic heterocycles. The van der Waals surface area contributed by atoms with Crippen molar-refractivity contribution in [2.45, 2.75) is 6.61 Å². The Kier molecular flexibility index (Phi) is 6.29. The average Bonchev–Trinajstić information content (AvgIpc) is 2.82. The lowest BCUT2D eigenvalue weighted by molar-refractivity contribution is -0.384. The Balaban J connectivity index is 1.76. The number of nitro benzene ring substituents is 1. The van der Waals surface area contributed by atoms with E-state index in [1.54, 1.807) is 18.2 Å². The summed E-state index contributed by atoms with van der Waals surface area (Å²) in [4.78, 5) is 10.5. The average molecular weight is 485 g/mol. The third-order valence-electron chi connectivity index (χ3n) is 5.04. The van der Waals surface area contributed by atoms with Crippen LogP contribution in [-0.2, 0) is 6.61 Å². The highest BCUT2D eigenvalue weighted by Crippen LogP contribution is 2.33. The molecule has 0 saturated carbocycles. The number of nitriles is 1. The standard InChI is InChI=1S/C26H17BrN2O3/c27-22-10-5-18(6-11-22)17-32-26-14-9-20-3-1-2-4-24(20)25(26)15-21(16-28)19-7-12-23(13-8-19)29(30)31/h1-15H,17H2/b21-15-. The van der Waals surface area contributed by atoms with Gasteiger partial charge < -0.3 is 4.74 Å². The van der Waals surface area contributed by atoms with Gasteiger partial charge in [0, 0.05) is 22.2 Å². The maximum absolute atomic E-state index is 10.9. The number of non-ortho nitro benzene ring substituents is 1. The van der Waals surface area contributed by atoms with Gasteiger partial charge in [0.15, 0.2) is 0 Å². The van der Waals surface area contributed by atoms with Gasteiger partial charge in [0.25, 0.3) is 5.69 Å². The number of benzene rings is 4. The topological polar surface area (TPSA) is 76.2 Å². The van der Waals surface area contributed by atoms with Crippen LogP contribution in [0.15, 0.2) is 89.4 Å². The first-order valence-corrected chi connectivity index (χ1v) is 10.6. The van der Waals surface area contributed by atoms with Gasteiger partial charge in [-0.2, -0.15) is 5.26 Å². The highest BCUT2D eigenvalue weighted by atomic mass is 79.9. The van der Waals surface area contributed by atoms with Gasteiger partial charge in [0.1, 0.15) is 12.4 Å². The van der Waals surface area contributed by atoms with Crippen LogP contribution in [0.2, 0.25) is 0 Å². The van der Waals surface area contributed by atoms with Gasteiger partial charge in [-0.15, -0.1) is 0 Å². The first kappa shape index (κ1) is 21.3. The first-order chi connectivity index (χ1) is 15.5. The minimum absolute atomic E-state index is 0.0188. The van der Waals surface area contributed by atoms with Gasteiger partial charge in [-0.25, -0.2) is 0 Å². The molecule has 4 aromatic rings. The van der Waals surface area contributed by atoms with E-state index in [1.165, 1.54) is 12.1 Å². The Labute approximate surface area is 193 Å². The molecule has 0 amide bonds. The minimum Gasteiger partial charge on any atom is -0.488 e. The lowest BCUT2D eigenvalue weighted by Gasteiger charge is -2.13. The van der Waals surface area contributed by atoms with E-state index in [4.69, 9.17) is 4.74 Å². The number of rotatable bonds is 6. The summed E-state index contributed by atoms with van der Waals surface area (Å²) in [6, 6.07) is 27.8. The number of fused-ring (bicyclic) bond motifs is 1. The summed E-state index contributed by atoms with van der Waals surface area (Å²) in [6.07, 6.45) is 1.78. The Morgan fingerprint density at radius 2 is 1.72 bits per heavy atom. The van der Waals surface area contributed by atoms with E-state index in [1.807, 2.05) is 60.7 Å². The predicted molar refractivity (Wildman–Crippen MR) is 129 cm³/mol.